The summed E-state index contributed by atoms with van der Waals surface area (Å²) < 4.78 is 35.4. The summed E-state index contributed by atoms with van der Waals surface area (Å²) in [6.45, 7) is 1.75. The Morgan fingerprint density at radius 2 is 2.06 bits per heavy atom. The number of aliphatic imine (C=N–C) groups is 1. The summed E-state index contributed by atoms with van der Waals surface area (Å²) in [6, 6.07) is 10.9. The highest BCUT2D eigenvalue weighted by Gasteiger charge is 2.21. The van der Waals surface area contributed by atoms with Gasteiger partial charge < -0.3 is 4.74 Å². The SMILES string of the molecule is CC1/C=C(F)\C=N/Cc2cc(-c3cccc(F)c3C#N)c(=O)n(-c3cccnc3)c2CO1. The van der Waals surface area contributed by atoms with Crippen molar-refractivity contribution in [3.8, 4) is 22.9 Å². The van der Waals surface area contributed by atoms with E-state index in [2.05, 4.69) is 9.98 Å². The topological polar surface area (TPSA) is 80.3 Å². The molecule has 4 rings (SSSR count). The number of rotatable bonds is 2. The largest absolute Gasteiger partial charge is 0.368 e. The number of halogens is 2. The van der Waals surface area contributed by atoms with Gasteiger partial charge in [0.2, 0.25) is 0 Å². The molecule has 0 bridgehead atoms. The minimum Gasteiger partial charge on any atom is -0.368 e. The Labute approximate surface area is 182 Å². The van der Waals surface area contributed by atoms with Crippen LogP contribution >= 0.6 is 0 Å². The van der Waals surface area contributed by atoms with E-state index in [0.717, 1.165) is 12.3 Å². The molecule has 0 saturated heterocycles. The summed E-state index contributed by atoms with van der Waals surface area (Å²) >= 11 is 0. The summed E-state index contributed by atoms with van der Waals surface area (Å²) in [5.74, 6) is -1.25. The molecule has 8 heteroatoms. The van der Waals surface area contributed by atoms with Crippen LogP contribution in [0.5, 0.6) is 0 Å². The standard InChI is InChI=1S/C24H18F2N4O2/c1-15-8-17(25)12-29-11-16-9-20(19-5-2-6-22(26)21(19)10-27)24(31)30(23(16)14-32-15)18-4-3-7-28-13-18/h2-9,12-13,15H,11,14H2,1H3/b17-8+,29-12-. The summed E-state index contributed by atoms with van der Waals surface area (Å²) in [5.41, 5.74) is 1.17. The zero-order chi connectivity index (χ0) is 22.7. The number of hydrogen-bond acceptors (Lipinski definition) is 5. The van der Waals surface area contributed by atoms with Gasteiger partial charge in [0.25, 0.3) is 5.56 Å². The van der Waals surface area contributed by atoms with Crippen molar-refractivity contribution in [2.75, 3.05) is 0 Å². The Hall–Kier alpha value is -3.96. The number of nitriles is 1. The molecule has 0 fully saturated rings. The van der Waals surface area contributed by atoms with Gasteiger partial charge in [-0.3, -0.25) is 19.3 Å². The number of nitrogens with zero attached hydrogens (tertiary/aromatic N) is 4. The molecule has 0 radical (unpaired) electrons. The number of ether oxygens (including phenoxy) is 1. The van der Waals surface area contributed by atoms with Crippen molar-refractivity contribution in [3.05, 3.63) is 93.7 Å². The van der Waals surface area contributed by atoms with Gasteiger partial charge in [0.15, 0.2) is 0 Å². The highest BCUT2D eigenvalue weighted by molar-refractivity contribution is 5.76. The summed E-state index contributed by atoms with van der Waals surface area (Å²) in [4.78, 5) is 21.9. The van der Waals surface area contributed by atoms with E-state index in [-0.39, 0.29) is 29.8 Å². The van der Waals surface area contributed by atoms with Gasteiger partial charge in [0.1, 0.15) is 17.7 Å². The summed E-state index contributed by atoms with van der Waals surface area (Å²) in [7, 11) is 0. The van der Waals surface area contributed by atoms with Crippen LogP contribution in [0.3, 0.4) is 0 Å². The Kier molecular flexibility index (Phi) is 6.01. The van der Waals surface area contributed by atoms with Gasteiger partial charge in [-0.15, -0.1) is 0 Å². The molecule has 160 valence electrons. The number of benzene rings is 1. The average Bonchev–Trinajstić information content (AvgIpc) is 2.78. The van der Waals surface area contributed by atoms with E-state index >= 15 is 0 Å². The maximum absolute atomic E-state index is 14.3. The molecule has 3 heterocycles. The highest BCUT2D eigenvalue weighted by atomic mass is 19.1. The number of pyridine rings is 2. The first-order valence-electron chi connectivity index (χ1n) is 9.85. The first-order chi connectivity index (χ1) is 15.5. The Morgan fingerprint density at radius 3 is 2.81 bits per heavy atom. The lowest BCUT2D eigenvalue weighted by Crippen LogP contribution is -2.27. The maximum atomic E-state index is 14.3. The zero-order valence-electron chi connectivity index (χ0n) is 17.1. The van der Waals surface area contributed by atoms with E-state index in [0.29, 0.717) is 16.9 Å². The number of aromatic nitrogens is 2. The van der Waals surface area contributed by atoms with Crippen LogP contribution in [0.15, 0.2) is 70.5 Å². The second kappa shape index (κ2) is 9.04. The van der Waals surface area contributed by atoms with Crippen LogP contribution in [0, 0.1) is 17.1 Å². The predicted molar refractivity (Wildman–Crippen MR) is 116 cm³/mol. The average molecular weight is 432 g/mol. The van der Waals surface area contributed by atoms with Crippen molar-refractivity contribution in [1.82, 2.24) is 9.55 Å². The smallest absolute Gasteiger partial charge is 0.263 e. The van der Waals surface area contributed by atoms with Gasteiger partial charge in [-0.25, -0.2) is 8.78 Å². The van der Waals surface area contributed by atoms with Crippen LogP contribution < -0.4 is 5.56 Å². The molecule has 32 heavy (non-hydrogen) atoms. The van der Waals surface area contributed by atoms with E-state index in [4.69, 9.17) is 4.74 Å². The van der Waals surface area contributed by atoms with E-state index in [1.807, 2.05) is 6.07 Å². The van der Waals surface area contributed by atoms with Crippen LogP contribution in [-0.2, 0) is 17.9 Å². The number of hydrogen-bond donors (Lipinski definition) is 0. The Morgan fingerprint density at radius 1 is 1.22 bits per heavy atom. The van der Waals surface area contributed by atoms with Crippen LogP contribution in [0.1, 0.15) is 23.7 Å². The van der Waals surface area contributed by atoms with Gasteiger partial charge >= 0.3 is 0 Å². The molecule has 1 aliphatic rings. The van der Waals surface area contributed by atoms with Crippen LogP contribution in [-0.4, -0.2) is 21.9 Å². The molecule has 1 aliphatic heterocycles. The lowest BCUT2D eigenvalue weighted by Gasteiger charge is -2.20. The molecular weight excluding hydrogens is 414 g/mol. The van der Waals surface area contributed by atoms with Gasteiger partial charge in [-0.05, 0) is 42.8 Å². The third kappa shape index (κ3) is 4.11. The molecule has 1 aromatic carbocycles. The van der Waals surface area contributed by atoms with Gasteiger partial charge in [0.05, 0.1) is 48.6 Å². The fourth-order valence-electron chi connectivity index (χ4n) is 3.57. The second-order valence-electron chi connectivity index (χ2n) is 7.19. The van der Waals surface area contributed by atoms with Crippen molar-refractivity contribution in [2.45, 2.75) is 26.2 Å². The molecule has 0 spiro atoms. The summed E-state index contributed by atoms with van der Waals surface area (Å²) in [5, 5.41) is 9.48. The lowest BCUT2D eigenvalue weighted by atomic mass is 9.98. The lowest BCUT2D eigenvalue weighted by molar-refractivity contribution is 0.0788. The predicted octanol–water partition coefficient (Wildman–Crippen LogP) is 4.25. The molecule has 3 aromatic rings. The third-order valence-electron chi connectivity index (χ3n) is 5.07. The zero-order valence-corrected chi connectivity index (χ0v) is 17.1. The second-order valence-corrected chi connectivity index (χ2v) is 7.19. The molecule has 1 atom stereocenters. The van der Waals surface area contributed by atoms with E-state index < -0.39 is 23.3 Å². The van der Waals surface area contributed by atoms with E-state index in [9.17, 15) is 18.8 Å². The fraction of sp³-hybridized carbons (Fsp3) is 0.167. The number of allylic oxidation sites excluding steroid dienone is 1. The van der Waals surface area contributed by atoms with Crippen molar-refractivity contribution in [1.29, 1.82) is 5.26 Å². The molecule has 6 nitrogen and oxygen atoms in total. The van der Waals surface area contributed by atoms with Gasteiger partial charge in [-0.1, -0.05) is 12.1 Å². The van der Waals surface area contributed by atoms with Crippen molar-refractivity contribution >= 4 is 6.21 Å². The maximum Gasteiger partial charge on any atom is 0.263 e. The molecule has 0 N–H and O–H groups in total. The third-order valence-corrected chi connectivity index (χ3v) is 5.07. The van der Waals surface area contributed by atoms with Crippen molar-refractivity contribution in [2.24, 2.45) is 4.99 Å². The quantitative estimate of drug-likeness (QED) is 0.606. The molecular formula is C24H18F2N4O2. The van der Waals surface area contributed by atoms with Crippen LogP contribution in [0.25, 0.3) is 16.8 Å². The Balaban J connectivity index is 2.03. The van der Waals surface area contributed by atoms with Gasteiger partial charge in [0, 0.05) is 17.3 Å². The normalized spacial score (nSPS) is 18.7. The molecule has 2 aromatic heterocycles. The number of fused-ring (bicyclic) bond motifs is 1. The van der Waals surface area contributed by atoms with Gasteiger partial charge in [-0.2, -0.15) is 5.26 Å². The van der Waals surface area contributed by atoms with Crippen LogP contribution in [0.2, 0.25) is 0 Å². The minimum atomic E-state index is -0.722. The fourth-order valence-corrected chi connectivity index (χ4v) is 3.57. The minimum absolute atomic E-state index is 0.00840. The molecule has 0 saturated carbocycles. The summed E-state index contributed by atoms with van der Waals surface area (Å²) in [6.07, 6.45) is 4.93. The van der Waals surface area contributed by atoms with Crippen molar-refractivity contribution < 1.29 is 13.5 Å². The molecule has 0 aliphatic carbocycles. The van der Waals surface area contributed by atoms with E-state index in [1.165, 1.54) is 29.0 Å². The first kappa shape index (κ1) is 21.3. The molecule has 0 amide bonds. The van der Waals surface area contributed by atoms with E-state index in [1.54, 1.807) is 31.3 Å². The highest BCUT2D eigenvalue weighted by Crippen LogP contribution is 2.27. The van der Waals surface area contributed by atoms with Crippen LogP contribution in [0.4, 0.5) is 8.78 Å². The molecule has 1 unspecified atom stereocenters. The first-order valence-corrected chi connectivity index (χ1v) is 9.85. The Bertz CT molecular complexity index is 1320. The monoisotopic (exact) mass is 432 g/mol. The van der Waals surface area contributed by atoms with Crippen molar-refractivity contribution in [3.63, 3.8) is 0 Å².